The van der Waals surface area contributed by atoms with Gasteiger partial charge in [0.15, 0.2) is 5.76 Å². The molecule has 2 aliphatic heterocycles. The van der Waals surface area contributed by atoms with Gasteiger partial charge in [-0.15, -0.1) is 0 Å². The summed E-state index contributed by atoms with van der Waals surface area (Å²) in [6.45, 7) is 4.54. The van der Waals surface area contributed by atoms with Gasteiger partial charge in [0, 0.05) is 32.0 Å². The lowest BCUT2D eigenvalue weighted by molar-refractivity contribution is -0.137. The fraction of sp³-hybridized carbons (Fsp3) is 0.550. The molecular weight excluding hydrogens is 392 g/mol. The minimum absolute atomic E-state index is 0.0417. The molecule has 4 heterocycles. The monoisotopic (exact) mass is 418 g/mol. The van der Waals surface area contributed by atoms with E-state index in [1.807, 2.05) is 17.0 Å². The first kappa shape index (κ1) is 20.0. The zero-order valence-electron chi connectivity index (χ0n) is 16.7. The number of nitrogens with zero attached hydrogens (tertiary/aromatic N) is 4. The number of carbonyl (C=O) groups excluding carboxylic acids is 1. The Balaban J connectivity index is 1.53. The van der Waals surface area contributed by atoms with Gasteiger partial charge in [-0.1, -0.05) is 5.16 Å². The molecule has 156 valence electrons. The van der Waals surface area contributed by atoms with Crippen molar-refractivity contribution in [2.45, 2.75) is 50.5 Å². The lowest BCUT2D eigenvalue weighted by Gasteiger charge is -2.35. The van der Waals surface area contributed by atoms with E-state index in [0.717, 1.165) is 18.4 Å². The third-order valence-electron chi connectivity index (χ3n) is 5.93. The Morgan fingerprint density at radius 2 is 1.86 bits per heavy atom. The van der Waals surface area contributed by atoms with E-state index in [2.05, 4.69) is 10.1 Å². The van der Waals surface area contributed by atoms with Crippen molar-refractivity contribution < 1.29 is 17.7 Å². The molecule has 2 aromatic rings. The Morgan fingerprint density at radius 1 is 1.14 bits per heavy atom. The minimum atomic E-state index is -3.74. The molecule has 2 aliphatic rings. The molecule has 0 N–H and O–H groups in total. The molecule has 9 heteroatoms. The maximum absolute atomic E-state index is 13.3. The zero-order valence-corrected chi connectivity index (χ0v) is 17.6. The van der Waals surface area contributed by atoms with Crippen LogP contribution in [0.1, 0.15) is 48.7 Å². The number of hydrogen-bond donors (Lipinski definition) is 0. The molecule has 0 aromatic carbocycles. The predicted octanol–water partition coefficient (Wildman–Crippen LogP) is 2.45. The zero-order chi connectivity index (χ0) is 20.6. The average Bonchev–Trinajstić information content (AvgIpc) is 3.35. The highest BCUT2D eigenvalue weighted by molar-refractivity contribution is 7.89. The lowest BCUT2D eigenvalue weighted by atomic mass is 9.97. The molecule has 0 saturated carbocycles. The van der Waals surface area contributed by atoms with Gasteiger partial charge in [-0.3, -0.25) is 9.78 Å². The quantitative estimate of drug-likeness (QED) is 0.757. The summed E-state index contributed by atoms with van der Waals surface area (Å²) >= 11 is 0. The van der Waals surface area contributed by atoms with Crippen LogP contribution in [0.25, 0.3) is 0 Å². The first-order valence-corrected chi connectivity index (χ1v) is 11.5. The van der Waals surface area contributed by atoms with Gasteiger partial charge in [-0.05, 0) is 57.2 Å². The van der Waals surface area contributed by atoms with Gasteiger partial charge >= 0.3 is 0 Å². The topological polar surface area (TPSA) is 96.6 Å². The molecule has 1 amide bonds. The largest absolute Gasteiger partial charge is 0.360 e. The number of hydrogen-bond acceptors (Lipinski definition) is 6. The molecule has 29 heavy (non-hydrogen) atoms. The van der Waals surface area contributed by atoms with Crippen LogP contribution < -0.4 is 0 Å². The standard InChI is InChI=1S/C20H26N4O4S/c1-14-19(15(2)28-22-14)29(26,27)23-11-3-5-17(13-23)20(25)24-12-4-6-18(24)16-7-9-21-10-8-16/h7-10,17-18H,3-6,11-13H2,1-2H3. The second-order valence-corrected chi connectivity index (χ2v) is 9.70. The van der Waals surface area contributed by atoms with Crippen LogP contribution in [0.4, 0.5) is 0 Å². The van der Waals surface area contributed by atoms with Crippen molar-refractivity contribution in [3.63, 3.8) is 0 Å². The molecule has 4 rings (SSSR count). The number of pyridine rings is 1. The molecule has 0 bridgehead atoms. The summed E-state index contributed by atoms with van der Waals surface area (Å²) in [5, 5.41) is 3.78. The van der Waals surface area contributed by atoms with E-state index in [4.69, 9.17) is 4.52 Å². The Bertz CT molecular complexity index is 970. The number of amides is 1. The molecule has 0 spiro atoms. The molecule has 2 fully saturated rings. The molecule has 2 aromatic heterocycles. The van der Waals surface area contributed by atoms with Crippen molar-refractivity contribution in [3.8, 4) is 0 Å². The molecular formula is C20H26N4O4S. The minimum Gasteiger partial charge on any atom is -0.360 e. The van der Waals surface area contributed by atoms with E-state index in [1.54, 1.807) is 26.2 Å². The number of rotatable bonds is 4. The van der Waals surface area contributed by atoms with Crippen molar-refractivity contribution in [2.75, 3.05) is 19.6 Å². The lowest BCUT2D eigenvalue weighted by Crippen LogP contribution is -2.46. The Hall–Kier alpha value is -2.26. The molecule has 0 radical (unpaired) electrons. The van der Waals surface area contributed by atoms with Crippen LogP contribution in [0.15, 0.2) is 33.9 Å². The highest BCUT2D eigenvalue weighted by Gasteiger charge is 2.40. The summed E-state index contributed by atoms with van der Waals surface area (Å²) in [7, 11) is -3.74. The first-order valence-electron chi connectivity index (χ1n) is 10.0. The van der Waals surface area contributed by atoms with Crippen LogP contribution in [0.3, 0.4) is 0 Å². The van der Waals surface area contributed by atoms with Crippen molar-refractivity contribution in [2.24, 2.45) is 5.92 Å². The first-order chi connectivity index (χ1) is 13.9. The highest BCUT2D eigenvalue weighted by Crippen LogP contribution is 2.35. The Morgan fingerprint density at radius 3 is 2.55 bits per heavy atom. The number of piperidine rings is 1. The second kappa shape index (κ2) is 7.87. The summed E-state index contributed by atoms with van der Waals surface area (Å²) in [6, 6.07) is 3.94. The van der Waals surface area contributed by atoms with Crippen molar-refractivity contribution in [1.29, 1.82) is 0 Å². The molecule has 2 atom stereocenters. The summed E-state index contributed by atoms with van der Waals surface area (Å²) < 4.78 is 32.8. The summed E-state index contributed by atoms with van der Waals surface area (Å²) in [4.78, 5) is 19.4. The Kier molecular flexibility index (Phi) is 5.44. The number of aromatic nitrogens is 2. The van der Waals surface area contributed by atoms with Gasteiger partial charge in [0.25, 0.3) is 0 Å². The third-order valence-corrected chi connectivity index (χ3v) is 8.04. The average molecular weight is 419 g/mol. The number of likely N-dealkylation sites (tertiary alicyclic amines) is 1. The number of carbonyl (C=O) groups is 1. The maximum atomic E-state index is 13.3. The molecule has 0 aliphatic carbocycles. The number of aryl methyl sites for hydroxylation is 2. The van der Waals surface area contributed by atoms with Crippen LogP contribution in [-0.4, -0.2) is 53.3 Å². The van der Waals surface area contributed by atoms with Gasteiger partial charge in [0.1, 0.15) is 10.6 Å². The smallest absolute Gasteiger partial charge is 0.248 e. The van der Waals surface area contributed by atoms with Crippen LogP contribution in [-0.2, 0) is 14.8 Å². The molecule has 2 unspecified atom stereocenters. The molecule has 8 nitrogen and oxygen atoms in total. The maximum Gasteiger partial charge on any atom is 0.248 e. The van der Waals surface area contributed by atoms with Gasteiger partial charge in [-0.25, -0.2) is 8.42 Å². The summed E-state index contributed by atoms with van der Waals surface area (Å²) in [6.07, 6.45) is 6.72. The van der Waals surface area contributed by atoms with Crippen LogP contribution in [0, 0.1) is 19.8 Å². The summed E-state index contributed by atoms with van der Waals surface area (Å²) in [5.74, 6) is -0.00217. The third kappa shape index (κ3) is 3.69. The van der Waals surface area contributed by atoms with Crippen LogP contribution >= 0.6 is 0 Å². The van der Waals surface area contributed by atoms with Gasteiger partial charge in [-0.2, -0.15) is 4.31 Å². The SMILES string of the molecule is Cc1noc(C)c1S(=O)(=O)N1CCCC(C(=O)N2CCCC2c2ccncc2)C1. The van der Waals surface area contributed by atoms with Crippen molar-refractivity contribution in [1.82, 2.24) is 19.3 Å². The van der Waals surface area contributed by atoms with E-state index >= 15 is 0 Å². The van der Waals surface area contributed by atoms with Crippen LogP contribution in [0.5, 0.6) is 0 Å². The fourth-order valence-corrected chi connectivity index (χ4v) is 6.35. The Labute approximate surface area is 170 Å². The van der Waals surface area contributed by atoms with Gasteiger partial charge in [0.2, 0.25) is 15.9 Å². The highest BCUT2D eigenvalue weighted by atomic mass is 32.2. The fourth-order valence-electron chi connectivity index (χ4n) is 4.53. The summed E-state index contributed by atoms with van der Waals surface area (Å²) in [5.41, 5.74) is 1.44. The second-order valence-electron chi connectivity index (χ2n) is 7.83. The van der Waals surface area contributed by atoms with Crippen molar-refractivity contribution >= 4 is 15.9 Å². The van der Waals surface area contributed by atoms with E-state index in [9.17, 15) is 13.2 Å². The van der Waals surface area contributed by atoms with E-state index in [0.29, 0.717) is 31.6 Å². The van der Waals surface area contributed by atoms with E-state index in [1.165, 1.54) is 4.31 Å². The van der Waals surface area contributed by atoms with Gasteiger partial charge in [0.05, 0.1) is 12.0 Å². The normalized spacial score (nSPS) is 23.4. The van der Waals surface area contributed by atoms with E-state index < -0.39 is 10.0 Å². The number of sulfonamides is 1. The molecule has 2 saturated heterocycles. The predicted molar refractivity (Wildman–Crippen MR) is 105 cm³/mol. The van der Waals surface area contributed by atoms with Gasteiger partial charge < -0.3 is 9.42 Å². The van der Waals surface area contributed by atoms with Crippen molar-refractivity contribution in [3.05, 3.63) is 41.5 Å². The van der Waals surface area contributed by atoms with E-state index in [-0.39, 0.29) is 35.1 Å². The van der Waals surface area contributed by atoms with Crippen LogP contribution in [0.2, 0.25) is 0 Å².